The summed E-state index contributed by atoms with van der Waals surface area (Å²) in [5.74, 6) is 0.109. The van der Waals surface area contributed by atoms with Gasteiger partial charge in [-0.3, -0.25) is 9.69 Å². The van der Waals surface area contributed by atoms with Gasteiger partial charge < -0.3 is 4.90 Å². The standard InChI is InChI=1S/C21H25N3OS/c1-5-24(18-12-8-6-10-15(18)2)20(25)14-23(4)16(3)21-22-17-11-7-9-13-19(17)26-21/h6-13,16H,5,14H2,1-4H3/t16-/m1/s1. The third-order valence-electron chi connectivity index (χ3n) is 4.74. The number of nitrogens with zero attached hydrogens (tertiary/aromatic N) is 3. The van der Waals surface area contributed by atoms with Crippen molar-refractivity contribution >= 4 is 33.1 Å². The third kappa shape index (κ3) is 3.79. The summed E-state index contributed by atoms with van der Waals surface area (Å²) in [5.41, 5.74) is 3.12. The molecule has 0 saturated carbocycles. The Hall–Kier alpha value is -2.24. The van der Waals surface area contributed by atoms with E-state index in [1.54, 1.807) is 11.3 Å². The Morgan fingerprint density at radius 2 is 1.85 bits per heavy atom. The van der Waals surface area contributed by atoms with Gasteiger partial charge in [0, 0.05) is 12.2 Å². The summed E-state index contributed by atoms with van der Waals surface area (Å²) in [7, 11) is 1.99. The molecule has 1 atom stereocenters. The lowest BCUT2D eigenvalue weighted by Gasteiger charge is -2.28. The zero-order valence-electron chi connectivity index (χ0n) is 15.8. The van der Waals surface area contributed by atoms with Crippen LogP contribution in [0.5, 0.6) is 0 Å². The molecule has 0 fully saturated rings. The molecule has 1 aromatic heterocycles. The first-order valence-corrected chi connectivity index (χ1v) is 9.74. The minimum Gasteiger partial charge on any atom is -0.311 e. The van der Waals surface area contributed by atoms with Crippen molar-refractivity contribution in [2.45, 2.75) is 26.8 Å². The maximum absolute atomic E-state index is 12.9. The van der Waals surface area contributed by atoms with E-state index in [0.29, 0.717) is 13.1 Å². The van der Waals surface area contributed by atoms with Crippen LogP contribution in [0.3, 0.4) is 0 Å². The molecule has 0 aliphatic heterocycles. The number of rotatable bonds is 6. The quantitative estimate of drug-likeness (QED) is 0.636. The van der Waals surface area contributed by atoms with E-state index in [9.17, 15) is 4.79 Å². The molecule has 0 aliphatic rings. The highest BCUT2D eigenvalue weighted by atomic mass is 32.1. The molecule has 3 rings (SSSR count). The number of amides is 1. The van der Waals surface area contributed by atoms with Crippen molar-refractivity contribution in [3.8, 4) is 0 Å². The fourth-order valence-electron chi connectivity index (χ4n) is 3.04. The molecule has 4 nitrogen and oxygen atoms in total. The predicted octanol–water partition coefficient (Wildman–Crippen LogP) is 4.65. The maximum atomic E-state index is 12.9. The predicted molar refractivity (Wildman–Crippen MR) is 110 cm³/mol. The number of anilines is 1. The Kier molecular flexibility index (Phi) is 5.69. The van der Waals surface area contributed by atoms with E-state index in [-0.39, 0.29) is 11.9 Å². The van der Waals surface area contributed by atoms with Crippen LogP contribution in [-0.2, 0) is 4.79 Å². The molecule has 2 aromatic carbocycles. The number of carbonyl (C=O) groups excluding carboxylic acids is 1. The van der Waals surface area contributed by atoms with Crippen molar-refractivity contribution in [3.63, 3.8) is 0 Å². The van der Waals surface area contributed by atoms with Crippen LogP contribution in [0.25, 0.3) is 10.2 Å². The molecule has 5 heteroatoms. The number of likely N-dealkylation sites (N-methyl/N-ethyl adjacent to an activating group) is 2. The number of hydrogen-bond donors (Lipinski definition) is 0. The molecule has 3 aromatic rings. The number of benzene rings is 2. The Balaban J connectivity index is 1.74. The number of thiazole rings is 1. The van der Waals surface area contributed by atoms with Crippen molar-refractivity contribution < 1.29 is 4.79 Å². The first-order chi connectivity index (χ1) is 12.5. The molecule has 1 amide bonds. The second-order valence-corrected chi connectivity index (χ2v) is 7.60. The summed E-state index contributed by atoms with van der Waals surface area (Å²) < 4.78 is 1.18. The molecule has 26 heavy (non-hydrogen) atoms. The molecule has 1 heterocycles. The summed E-state index contributed by atoms with van der Waals surface area (Å²) in [6.07, 6.45) is 0. The van der Waals surface area contributed by atoms with Gasteiger partial charge in [0.1, 0.15) is 5.01 Å². The van der Waals surface area contributed by atoms with Crippen LogP contribution in [0.2, 0.25) is 0 Å². The molecular formula is C21H25N3OS. The third-order valence-corrected chi connectivity index (χ3v) is 5.94. The first kappa shape index (κ1) is 18.5. The monoisotopic (exact) mass is 367 g/mol. The van der Waals surface area contributed by atoms with E-state index in [2.05, 4.69) is 17.9 Å². The number of hydrogen-bond acceptors (Lipinski definition) is 4. The van der Waals surface area contributed by atoms with Gasteiger partial charge in [0.15, 0.2) is 0 Å². The smallest absolute Gasteiger partial charge is 0.241 e. The highest BCUT2D eigenvalue weighted by Crippen LogP contribution is 2.29. The van der Waals surface area contributed by atoms with E-state index >= 15 is 0 Å². The highest BCUT2D eigenvalue weighted by molar-refractivity contribution is 7.18. The second kappa shape index (κ2) is 7.98. The molecule has 0 saturated heterocycles. The van der Waals surface area contributed by atoms with E-state index in [1.165, 1.54) is 4.70 Å². The molecule has 0 aliphatic carbocycles. The van der Waals surface area contributed by atoms with Gasteiger partial charge in [-0.2, -0.15) is 0 Å². The van der Waals surface area contributed by atoms with Crippen LogP contribution in [0.1, 0.15) is 30.5 Å². The average molecular weight is 368 g/mol. The van der Waals surface area contributed by atoms with Crippen LogP contribution in [-0.4, -0.2) is 35.9 Å². The summed E-state index contributed by atoms with van der Waals surface area (Å²) >= 11 is 1.70. The van der Waals surface area contributed by atoms with Gasteiger partial charge in [0.25, 0.3) is 0 Å². The van der Waals surface area contributed by atoms with E-state index in [4.69, 9.17) is 4.98 Å². The van der Waals surface area contributed by atoms with Crippen molar-refractivity contribution in [1.29, 1.82) is 0 Å². The largest absolute Gasteiger partial charge is 0.311 e. The Morgan fingerprint density at radius 1 is 1.15 bits per heavy atom. The SMILES string of the molecule is CCN(C(=O)CN(C)[C@H](C)c1nc2ccccc2s1)c1ccccc1C. The van der Waals surface area contributed by atoms with Crippen LogP contribution < -0.4 is 4.90 Å². The normalized spacial score (nSPS) is 12.5. The van der Waals surface area contributed by atoms with Crippen molar-refractivity contribution in [3.05, 3.63) is 59.1 Å². The fourth-order valence-corrected chi connectivity index (χ4v) is 4.12. The number of aromatic nitrogens is 1. The van der Waals surface area contributed by atoms with E-state index in [0.717, 1.165) is 21.8 Å². The zero-order chi connectivity index (χ0) is 18.7. The zero-order valence-corrected chi connectivity index (χ0v) is 16.6. The van der Waals surface area contributed by atoms with Crippen LogP contribution in [0.15, 0.2) is 48.5 Å². The van der Waals surface area contributed by atoms with Gasteiger partial charge in [-0.15, -0.1) is 11.3 Å². The minimum absolute atomic E-state index is 0.0897. The lowest BCUT2D eigenvalue weighted by Crippen LogP contribution is -2.40. The average Bonchev–Trinajstić information content (AvgIpc) is 3.07. The molecular weight excluding hydrogens is 342 g/mol. The first-order valence-electron chi connectivity index (χ1n) is 8.93. The van der Waals surface area contributed by atoms with Gasteiger partial charge in [0.05, 0.1) is 22.8 Å². The van der Waals surface area contributed by atoms with Crippen LogP contribution in [0.4, 0.5) is 5.69 Å². The fraction of sp³-hybridized carbons (Fsp3) is 0.333. The number of carbonyl (C=O) groups is 1. The summed E-state index contributed by atoms with van der Waals surface area (Å²) in [5, 5.41) is 1.04. The van der Waals surface area contributed by atoms with E-state index < -0.39 is 0 Å². The highest BCUT2D eigenvalue weighted by Gasteiger charge is 2.22. The number of para-hydroxylation sites is 2. The maximum Gasteiger partial charge on any atom is 0.241 e. The second-order valence-electron chi connectivity index (χ2n) is 6.54. The van der Waals surface area contributed by atoms with Gasteiger partial charge >= 0.3 is 0 Å². The molecule has 0 radical (unpaired) electrons. The topological polar surface area (TPSA) is 36.4 Å². The molecule has 0 unspecified atom stereocenters. The van der Waals surface area contributed by atoms with Gasteiger partial charge in [-0.1, -0.05) is 30.3 Å². The Morgan fingerprint density at radius 3 is 2.54 bits per heavy atom. The van der Waals surface area contributed by atoms with Crippen LogP contribution in [0, 0.1) is 6.92 Å². The summed E-state index contributed by atoms with van der Waals surface area (Å²) in [4.78, 5) is 21.6. The number of aryl methyl sites for hydroxylation is 1. The molecule has 0 bridgehead atoms. The van der Waals surface area contributed by atoms with Crippen LogP contribution >= 0.6 is 11.3 Å². The lowest BCUT2D eigenvalue weighted by atomic mass is 10.1. The Labute approximate surface area is 159 Å². The van der Waals surface area contributed by atoms with E-state index in [1.807, 2.05) is 68.3 Å². The van der Waals surface area contributed by atoms with Crippen molar-refractivity contribution in [2.24, 2.45) is 0 Å². The van der Waals surface area contributed by atoms with Gasteiger partial charge in [-0.25, -0.2) is 4.98 Å². The van der Waals surface area contributed by atoms with Gasteiger partial charge in [0.2, 0.25) is 5.91 Å². The summed E-state index contributed by atoms with van der Waals surface area (Å²) in [6, 6.07) is 16.3. The van der Waals surface area contributed by atoms with Gasteiger partial charge in [-0.05, 0) is 51.6 Å². The summed E-state index contributed by atoms with van der Waals surface area (Å²) in [6.45, 7) is 7.18. The molecule has 0 spiro atoms. The minimum atomic E-state index is 0.0897. The molecule has 0 N–H and O–H groups in total. The van der Waals surface area contributed by atoms with Crippen molar-refractivity contribution in [1.82, 2.24) is 9.88 Å². The number of fused-ring (bicyclic) bond motifs is 1. The van der Waals surface area contributed by atoms with Crippen molar-refractivity contribution in [2.75, 3.05) is 25.0 Å². The molecule has 136 valence electrons. The Bertz CT molecular complexity index is 872. The lowest BCUT2D eigenvalue weighted by molar-refractivity contribution is -0.119.